The van der Waals surface area contributed by atoms with Gasteiger partial charge in [0.25, 0.3) is 0 Å². The Morgan fingerprint density at radius 3 is 2.57 bits per heavy atom. The van der Waals surface area contributed by atoms with E-state index in [0.717, 1.165) is 12.0 Å². The molecule has 1 unspecified atom stereocenters. The van der Waals surface area contributed by atoms with Crippen molar-refractivity contribution in [3.05, 3.63) is 71.6 Å². The molecule has 0 fully saturated rings. The third kappa shape index (κ3) is 2.87. The Labute approximate surface area is 124 Å². The van der Waals surface area contributed by atoms with Gasteiger partial charge in [-0.3, -0.25) is 0 Å². The van der Waals surface area contributed by atoms with Crippen molar-refractivity contribution >= 4 is 0 Å². The molecule has 0 spiro atoms. The van der Waals surface area contributed by atoms with Crippen molar-refractivity contribution in [3.63, 3.8) is 0 Å². The van der Waals surface area contributed by atoms with Crippen LogP contribution in [0.4, 0.5) is 0 Å². The lowest BCUT2D eigenvalue weighted by atomic mass is 9.96. The van der Waals surface area contributed by atoms with Crippen molar-refractivity contribution in [1.29, 1.82) is 0 Å². The number of benzene rings is 2. The Kier molecular flexibility index (Phi) is 3.82. The number of hydrogen-bond donors (Lipinski definition) is 0. The van der Waals surface area contributed by atoms with Gasteiger partial charge in [-0.25, -0.2) is 0 Å². The Morgan fingerprint density at radius 2 is 1.86 bits per heavy atom. The van der Waals surface area contributed by atoms with Gasteiger partial charge in [0.15, 0.2) is 0 Å². The van der Waals surface area contributed by atoms with Crippen LogP contribution in [0.25, 0.3) is 11.4 Å². The van der Waals surface area contributed by atoms with Gasteiger partial charge in [-0.05, 0) is 25.0 Å². The van der Waals surface area contributed by atoms with Gasteiger partial charge in [0.05, 0.1) is 5.92 Å². The zero-order valence-corrected chi connectivity index (χ0v) is 12.3. The summed E-state index contributed by atoms with van der Waals surface area (Å²) in [6.45, 7) is 4.19. The molecule has 3 heteroatoms. The van der Waals surface area contributed by atoms with Crippen molar-refractivity contribution in [2.45, 2.75) is 26.2 Å². The molecule has 0 aliphatic rings. The number of aromatic nitrogens is 2. The van der Waals surface area contributed by atoms with Crippen molar-refractivity contribution in [3.8, 4) is 11.4 Å². The molecule has 0 amide bonds. The maximum atomic E-state index is 5.51. The zero-order valence-electron chi connectivity index (χ0n) is 12.3. The fourth-order valence-electron chi connectivity index (χ4n) is 2.52. The Bertz CT molecular complexity index is 719. The van der Waals surface area contributed by atoms with Crippen LogP contribution in [0, 0.1) is 6.92 Å². The Hall–Kier alpha value is -2.42. The van der Waals surface area contributed by atoms with Crippen molar-refractivity contribution in [1.82, 2.24) is 10.1 Å². The van der Waals surface area contributed by atoms with Crippen LogP contribution in [0.5, 0.6) is 0 Å². The molecule has 0 aliphatic heterocycles. The minimum atomic E-state index is 0.150. The monoisotopic (exact) mass is 278 g/mol. The molecular weight excluding hydrogens is 260 g/mol. The summed E-state index contributed by atoms with van der Waals surface area (Å²) < 4.78 is 5.51. The topological polar surface area (TPSA) is 38.9 Å². The van der Waals surface area contributed by atoms with Crippen LogP contribution < -0.4 is 0 Å². The predicted molar refractivity (Wildman–Crippen MR) is 83.0 cm³/mol. The van der Waals surface area contributed by atoms with E-state index in [1.807, 2.05) is 30.3 Å². The van der Waals surface area contributed by atoms with Gasteiger partial charge in [-0.1, -0.05) is 66.2 Å². The van der Waals surface area contributed by atoms with Crippen LogP contribution in [0.2, 0.25) is 0 Å². The van der Waals surface area contributed by atoms with Gasteiger partial charge >= 0.3 is 0 Å². The molecule has 0 bridgehead atoms. The average Bonchev–Trinajstić information content (AvgIpc) is 2.99. The summed E-state index contributed by atoms with van der Waals surface area (Å²) in [6.07, 6.45) is 0.930. The van der Waals surface area contributed by atoms with E-state index < -0.39 is 0 Å². The first kappa shape index (κ1) is 13.6. The minimum absolute atomic E-state index is 0.150. The first-order valence-corrected chi connectivity index (χ1v) is 7.23. The molecule has 1 aromatic heterocycles. The third-order valence-electron chi connectivity index (χ3n) is 3.63. The van der Waals surface area contributed by atoms with Crippen molar-refractivity contribution in [2.75, 3.05) is 0 Å². The van der Waals surface area contributed by atoms with E-state index in [0.29, 0.717) is 11.7 Å². The van der Waals surface area contributed by atoms with Crippen LogP contribution in [-0.4, -0.2) is 10.1 Å². The molecule has 0 saturated heterocycles. The number of aryl methyl sites for hydroxylation is 1. The smallest absolute Gasteiger partial charge is 0.234 e. The molecule has 0 N–H and O–H groups in total. The Morgan fingerprint density at radius 1 is 1.05 bits per heavy atom. The second-order valence-electron chi connectivity index (χ2n) is 5.20. The Balaban J connectivity index is 1.94. The summed E-state index contributed by atoms with van der Waals surface area (Å²) >= 11 is 0. The maximum Gasteiger partial charge on any atom is 0.234 e. The van der Waals surface area contributed by atoms with Gasteiger partial charge in [-0.2, -0.15) is 4.98 Å². The second-order valence-corrected chi connectivity index (χ2v) is 5.20. The summed E-state index contributed by atoms with van der Waals surface area (Å²) in [7, 11) is 0. The standard InChI is InChI=1S/C18H18N2O/c1-3-16(14-9-5-4-6-10-14)18-19-17(20-21-18)15-11-7-8-13(2)12-15/h4-12,16H,3H2,1-2H3. The van der Waals surface area contributed by atoms with Crippen LogP contribution >= 0.6 is 0 Å². The highest BCUT2D eigenvalue weighted by atomic mass is 16.5. The van der Waals surface area contributed by atoms with Gasteiger partial charge in [0, 0.05) is 5.56 Å². The van der Waals surface area contributed by atoms with Gasteiger partial charge in [0.2, 0.25) is 11.7 Å². The zero-order chi connectivity index (χ0) is 14.7. The normalized spacial score (nSPS) is 12.3. The van der Waals surface area contributed by atoms with Gasteiger partial charge in [-0.15, -0.1) is 0 Å². The number of rotatable bonds is 4. The maximum absolute atomic E-state index is 5.51. The lowest BCUT2D eigenvalue weighted by molar-refractivity contribution is 0.363. The molecule has 1 atom stereocenters. The minimum Gasteiger partial charge on any atom is -0.338 e. The summed E-state index contributed by atoms with van der Waals surface area (Å²) in [4.78, 5) is 4.59. The molecule has 1 heterocycles. The van der Waals surface area contributed by atoms with E-state index >= 15 is 0 Å². The van der Waals surface area contributed by atoms with Crippen LogP contribution in [0.1, 0.15) is 36.3 Å². The molecule has 0 radical (unpaired) electrons. The van der Waals surface area contributed by atoms with Gasteiger partial charge in [0.1, 0.15) is 0 Å². The van der Waals surface area contributed by atoms with Crippen LogP contribution in [-0.2, 0) is 0 Å². The largest absolute Gasteiger partial charge is 0.338 e. The predicted octanol–water partition coefficient (Wildman–Crippen LogP) is 4.59. The summed E-state index contributed by atoms with van der Waals surface area (Å²) in [5.74, 6) is 1.49. The van der Waals surface area contributed by atoms with E-state index in [-0.39, 0.29) is 5.92 Å². The quantitative estimate of drug-likeness (QED) is 0.700. The molecule has 2 aromatic carbocycles. The first-order valence-electron chi connectivity index (χ1n) is 7.23. The molecule has 3 aromatic rings. The molecular formula is C18H18N2O. The summed E-state index contributed by atoms with van der Waals surface area (Å²) in [6, 6.07) is 18.4. The van der Waals surface area contributed by atoms with Gasteiger partial charge < -0.3 is 4.52 Å². The van der Waals surface area contributed by atoms with E-state index in [1.165, 1.54) is 11.1 Å². The summed E-state index contributed by atoms with van der Waals surface area (Å²) in [5, 5.41) is 4.14. The highest BCUT2D eigenvalue weighted by Crippen LogP contribution is 2.28. The molecule has 3 rings (SSSR count). The molecule has 106 valence electrons. The van der Waals surface area contributed by atoms with Crippen molar-refractivity contribution < 1.29 is 4.52 Å². The number of hydrogen-bond acceptors (Lipinski definition) is 3. The van der Waals surface area contributed by atoms with Crippen LogP contribution in [0.15, 0.2) is 59.1 Å². The fourth-order valence-corrected chi connectivity index (χ4v) is 2.52. The third-order valence-corrected chi connectivity index (χ3v) is 3.63. The number of nitrogens with zero attached hydrogens (tertiary/aromatic N) is 2. The van der Waals surface area contributed by atoms with E-state index in [1.54, 1.807) is 0 Å². The molecule has 0 saturated carbocycles. The van der Waals surface area contributed by atoms with E-state index in [9.17, 15) is 0 Å². The fraction of sp³-hybridized carbons (Fsp3) is 0.222. The van der Waals surface area contributed by atoms with E-state index in [4.69, 9.17) is 4.52 Å². The van der Waals surface area contributed by atoms with Crippen LogP contribution in [0.3, 0.4) is 0 Å². The average molecular weight is 278 g/mol. The first-order chi connectivity index (χ1) is 10.3. The molecule has 0 aliphatic carbocycles. The van der Waals surface area contributed by atoms with E-state index in [2.05, 4.69) is 48.3 Å². The molecule has 21 heavy (non-hydrogen) atoms. The summed E-state index contributed by atoms with van der Waals surface area (Å²) in [5.41, 5.74) is 3.39. The SMILES string of the molecule is CCC(c1ccccc1)c1nc(-c2cccc(C)c2)no1. The highest BCUT2D eigenvalue weighted by molar-refractivity contribution is 5.55. The lowest BCUT2D eigenvalue weighted by Crippen LogP contribution is -1.99. The highest BCUT2D eigenvalue weighted by Gasteiger charge is 2.19. The van der Waals surface area contributed by atoms with Crippen molar-refractivity contribution in [2.24, 2.45) is 0 Å². The lowest BCUT2D eigenvalue weighted by Gasteiger charge is -2.09. The molecule has 3 nitrogen and oxygen atoms in total. The second kappa shape index (κ2) is 5.92.